The molecule has 130 valence electrons. The Hall–Kier alpha value is -2.80. The van der Waals surface area contributed by atoms with Gasteiger partial charge in [-0.1, -0.05) is 30.3 Å². The summed E-state index contributed by atoms with van der Waals surface area (Å²) in [6.45, 7) is 0.388. The van der Waals surface area contributed by atoms with Crippen LogP contribution in [0.5, 0.6) is 0 Å². The molecule has 1 atom stereocenters. The second kappa shape index (κ2) is 7.40. The highest BCUT2D eigenvalue weighted by atomic mass is 19.1. The predicted molar refractivity (Wildman–Crippen MR) is 88.0 cm³/mol. The summed E-state index contributed by atoms with van der Waals surface area (Å²) in [6.07, 6.45) is 0.0879. The summed E-state index contributed by atoms with van der Waals surface area (Å²) in [5.41, 5.74) is 0.987. The number of benzene rings is 1. The smallest absolute Gasteiger partial charge is 0.273 e. The third-order valence-corrected chi connectivity index (χ3v) is 3.99. The van der Waals surface area contributed by atoms with E-state index in [-0.39, 0.29) is 31.2 Å². The molecule has 2 amide bonds. The lowest BCUT2D eigenvalue weighted by Gasteiger charge is -2.21. The van der Waals surface area contributed by atoms with E-state index >= 15 is 0 Å². The van der Waals surface area contributed by atoms with Gasteiger partial charge in [-0.2, -0.15) is 0 Å². The van der Waals surface area contributed by atoms with Crippen molar-refractivity contribution in [2.45, 2.75) is 12.6 Å². The number of β-amino-alcohol motifs (C(OH)–C–C–N with tert-alkyl or cyclic N) is 1. The molecule has 1 aromatic carbocycles. The molecule has 1 aromatic heterocycles. The quantitative estimate of drug-likeness (QED) is 0.905. The highest BCUT2D eigenvalue weighted by molar-refractivity contribution is 5.95. The lowest BCUT2D eigenvalue weighted by Crippen LogP contribution is -2.39. The number of hydrogen-bond acceptors (Lipinski definition) is 4. The first-order valence-corrected chi connectivity index (χ1v) is 7.93. The average Bonchev–Trinajstić information content (AvgIpc) is 2.74. The Kier molecular flexibility index (Phi) is 5.04. The fourth-order valence-electron chi connectivity index (χ4n) is 2.77. The van der Waals surface area contributed by atoms with Crippen molar-refractivity contribution in [2.24, 2.45) is 0 Å². The van der Waals surface area contributed by atoms with E-state index in [2.05, 4.69) is 4.98 Å². The van der Waals surface area contributed by atoms with Gasteiger partial charge in [-0.05, 0) is 17.7 Å². The third kappa shape index (κ3) is 4.19. The first kappa shape index (κ1) is 17.0. The summed E-state index contributed by atoms with van der Waals surface area (Å²) in [5, 5.41) is 10.2. The summed E-state index contributed by atoms with van der Waals surface area (Å²) in [5.74, 6) is -1.30. The van der Waals surface area contributed by atoms with E-state index < -0.39 is 17.8 Å². The monoisotopic (exact) mass is 343 g/mol. The summed E-state index contributed by atoms with van der Waals surface area (Å²) in [6, 6.07) is 11.8. The zero-order valence-electron chi connectivity index (χ0n) is 13.5. The van der Waals surface area contributed by atoms with Crippen LogP contribution in [0, 0.1) is 5.82 Å². The summed E-state index contributed by atoms with van der Waals surface area (Å²) < 4.78 is 13.0. The van der Waals surface area contributed by atoms with E-state index in [9.17, 15) is 19.1 Å². The molecule has 2 heterocycles. The van der Waals surface area contributed by atoms with Gasteiger partial charge < -0.3 is 14.9 Å². The molecule has 1 saturated heterocycles. The topological polar surface area (TPSA) is 73.7 Å². The molecule has 0 spiro atoms. The predicted octanol–water partition coefficient (Wildman–Crippen LogP) is 1.07. The van der Waals surface area contributed by atoms with Gasteiger partial charge >= 0.3 is 0 Å². The van der Waals surface area contributed by atoms with Crippen LogP contribution in [-0.2, 0) is 11.3 Å². The first-order valence-electron chi connectivity index (χ1n) is 7.93. The zero-order valence-corrected chi connectivity index (χ0v) is 13.5. The van der Waals surface area contributed by atoms with Crippen LogP contribution in [0.4, 0.5) is 4.39 Å². The molecular weight excluding hydrogens is 325 g/mol. The molecule has 6 nitrogen and oxygen atoms in total. The number of amides is 2. The Bertz CT molecular complexity index is 752. The van der Waals surface area contributed by atoms with Crippen molar-refractivity contribution in [3.8, 4) is 0 Å². The molecule has 0 aliphatic carbocycles. The lowest BCUT2D eigenvalue weighted by atomic mass is 10.2. The van der Waals surface area contributed by atoms with Crippen molar-refractivity contribution >= 4 is 11.8 Å². The minimum absolute atomic E-state index is 0.0227. The Balaban J connectivity index is 1.73. The van der Waals surface area contributed by atoms with Crippen molar-refractivity contribution < 1.29 is 19.1 Å². The van der Waals surface area contributed by atoms with E-state index in [4.69, 9.17) is 0 Å². The maximum Gasteiger partial charge on any atom is 0.273 e. The van der Waals surface area contributed by atoms with Crippen LogP contribution < -0.4 is 0 Å². The van der Waals surface area contributed by atoms with E-state index in [0.717, 1.165) is 17.8 Å². The molecular formula is C18H18FN3O3. The van der Waals surface area contributed by atoms with Gasteiger partial charge in [0.2, 0.25) is 5.91 Å². The molecule has 1 aliphatic rings. The number of halogens is 1. The molecule has 0 bridgehead atoms. The van der Waals surface area contributed by atoms with Gasteiger partial charge in [-0.3, -0.25) is 9.59 Å². The Labute approximate surface area is 144 Å². The third-order valence-electron chi connectivity index (χ3n) is 3.99. The number of aliphatic hydroxyl groups is 1. The summed E-state index contributed by atoms with van der Waals surface area (Å²) >= 11 is 0. The Morgan fingerprint density at radius 3 is 2.64 bits per heavy atom. The molecule has 0 radical (unpaired) electrons. The molecule has 1 N–H and O–H groups in total. The van der Waals surface area contributed by atoms with Crippen LogP contribution in [0.1, 0.15) is 16.1 Å². The SMILES string of the molecule is O=C1CN(C(=O)c2ccc(F)cn2)CC(O)CN1Cc1ccccc1. The van der Waals surface area contributed by atoms with Gasteiger partial charge in [0.1, 0.15) is 18.1 Å². The van der Waals surface area contributed by atoms with Crippen LogP contribution in [0.2, 0.25) is 0 Å². The van der Waals surface area contributed by atoms with Gasteiger partial charge in [0.25, 0.3) is 5.91 Å². The molecule has 2 aromatic rings. The number of hydrogen-bond donors (Lipinski definition) is 1. The number of nitrogens with zero attached hydrogens (tertiary/aromatic N) is 3. The van der Waals surface area contributed by atoms with Crippen molar-refractivity contribution in [1.82, 2.24) is 14.8 Å². The Morgan fingerprint density at radius 1 is 1.20 bits per heavy atom. The number of carbonyl (C=O) groups is 2. The van der Waals surface area contributed by atoms with Crippen molar-refractivity contribution in [3.05, 3.63) is 65.7 Å². The van der Waals surface area contributed by atoms with Gasteiger partial charge in [0, 0.05) is 19.6 Å². The second-order valence-corrected chi connectivity index (χ2v) is 5.96. The molecule has 1 aliphatic heterocycles. The zero-order chi connectivity index (χ0) is 17.8. The first-order chi connectivity index (χ1) is 12.0. The fourth-order valence-corrected chi connectivity index (χ4v) is 2.77. The van der Waals surface area contributed by atoms with Crippen LogP contribution >= 0.6 is 0 Å². The highest BCUT2D eigenvalue weighted by Crippen LogP contribution is 2.13. The minimum Gasteiger partial charge on any atom is -0.389 e. The van der Waals surface area contributed by atoms with Gasteiger partial charge in [0.05, 0.1) is 12.3 Å². The average molecular weight is 343 g/mol. The molecule has 1 unspecified atom stereocenters. The van der Waals surface area contributed by atoms with Crippen LogP contribution in [-0.4, -0.2) is 57.4 Å². The number of aromatic nitrogens is 1. The largest absolute Gasteiger partial charge is 0.389 e. The number of aliphatic hydroxyl groups excluding tert-OH is 1. The van der Waals surface area contributed by atoms with E-state index in [1.54, 1.807) is 0 Å². The molecule has 7 heteroatoms. The van der Waals surface area contributed by atoms with Crippen LogP contribution in [0.3, 0.4) is 0 Å². The van der Waals surface area contributed by atoms with E-state index in [1.807, 2.05) is 30.3 Å². The molecule has 1 fully saturated rings. The summed E-state index contributed by atoms with van der Waals surface area (Å²) in [7, 11) is 0. The maximum atomic E-state index is 13.0. The van der Waals surface area contributed by atoms with E-state index in [1.165, 1.54) is 15.9 Å². The lowest BCUT2D eigenvalue weighted by molar-refractivity contribution is -0.131. The van der Waals surface area contributed by atoms with Gasteiger partial charge in [-0.15, -0.1) is 0 Å². The Morgan fingerprint density at radius 2 is 1.96 bits per heavy atom. The highest BCUT2D eigenvalue weighted by Gasteiger charge is 2.30. The van der Waals surface area contributed by atoms with E-state index in [0.29, 0.717) is 6.54 Å². The minimum atomic E-state index is -0.862. The standard InChI is InChI=1S/C18H18FN3O3/c19-14-6-7-16(20-8-14)18(25)22-11-15(23)10-21(17(24)12-22)9-13-4-2-1-3-5-13/h1-8,15,23H,9-12H2. The van der Waals surface area contributed by atoms with Gasteiger partial charge in [-0.25, -0.2) is 9.37 Å². The molecule has 0 saturated carbocycles. The van der Waals surface area contributed by atoms with Crippen LogP contribution in [0.25, 0.3) is 0 Å². The number of pyridine rings is 1. The maximum absolute atomic E-state index is 13.0. The van der Waals surface area contributed by atoms with Crippen molar-refractivity contribution in [1.29, 1.82) is 0 Å². The summed E-state index contributed by atoms with van der Waals surface area (Å²) in [4.78, 5) is 31.5. The molecule has 25 heavy (non-hydrogen) atoms. The van der Waals surface area contributed by atoms with Crippen molar-refractivity contribution in [2.75, 3.05) is 19.6 Å². The molecule has 3 rings (SSSR count). The van der Waals surface area contributed by atoms with Crippen molar-refractivity contribution in [3.63, 3.8) is 0 Å². The normalized spacial score (nSPS) is 18.2. The number of carbonyl (C=O) groups excluding carboxylic acids is 2. The second-order valence-electron chi connectivity index (χ2n) is 5.96. The fraction of sp³-hybridized carbons (Fsp3) is 0.278. The number of rotatable bonds is 3. The van der Waals surface area contributed by atoms with Crippen LogP contribution in [0.15, 0.2) is 48.7 Å². The van der Waals surface area contributed by atoms with Gasteiger partial charge in [0.15, 0.2) is 0 Å².